The van der Waals surface area contributed by atoms with E-state index in [4.69, 9.17) is 4.74 Å². The van der Waals surface area contributed by atoms with Gasteiger partial charge in [-0.3, -0.25) is 0 Å². The highest BCUT2D eigenvalue weighted by atomic mass is 32.2. The molecule has 3 heteroatoms. The molecular weight excluding hydrogens is 278 g/mol. The Bertz CT molecular complexity index is 478. The number of thioether (sulfide) groups is 1. The van der Waals surface area contributed by atoms with Crippen molar-refractivity contribution >= 4 is 11.8 Å². The Morgan fingerprint density at radius 3 is 2.76 bits per heavy atom. The number of fused-ring (bicyclic) bond motifs is 1. The Kier molecular flexibility index (Phi) is 4.80. The summed E-state index contributed by atoms with van der Waals surface area (Å²) in [5, 5.41) is 3.57. The van der Waals surface area contributed by atoms with Crippen LogP contribution in [-0.4, -0.2) is 24.9 Å². The molecule has 0 aromatic heterocycles. The fourth-order valence-corrected chi connectivity index (χ4v) is 4.91. The van der Waals surface area contributed by atoms with Gasteiger partial charge in [-0.05, 0) is 49.8 Å². The first-order valence-electron chi connectivity index (χ1n) is 8.24. The molecule has 2 nitrogen and oxygen atoms in total. The first-order chi connectivity index (χ1) is 10.2. The van der Waals surface area contributed by atoms with Gasteiger partial charge >= 0.3 is 0 Å². The van der Waals surface area contributed by atoms with Gasteiger partial charge in [0.2, 0.25) is 0 Å². The molecule has 0 radical (unpaired) electrons. The molecule has 1 heterocycles. The molecule has 21 heavy (non-hydrogen) atoms. The fourth-order valence-electron chi connectivity index (χ4n) is 3.85. The fraction of sp³-hybridized carbons (Fsp3) is 0.667. The predicted octanol–water partition coefficient (Wildman–Crippen LogP) is 4.20. The number of likely N-dealkylation sites (N-methyl/N-ethyl adjacent to an activating group) is 1. The molecule has 1 aliphatic carbocycles. The van der Waals surface area contributed by atoms with Gasteiger partial charge in [0.15, 0.2) is 0 Å². The average Bonchev–Trinajstić information content (AvgIpc) is 2.51. The molecule has 1 fully saturated rings. The first kappa shape index (κ1) is 15.2. The third-order valence-electron chi connectivity index (χ3n) is 5.41. The van der Waals surface area contributed by atoms with E-state index in [2.05, 4.69) is 50.5 Å². The number of nitrogens with one attached hydrogen (secondary N) is 1. The molecule has 3 rings (SSSR count). The lowest BCUT2D eigenvalue weighted by Gasteiger charge is -2.41. The molecule has 1 saturated carbocycles. The Hall–Kier alpha value is -0.670. The van der Waals surface area contributed by atoms with E-state index < -0.39 is 0 Å². The van der Waals surface area contributed by atoms with Gasteiger partial charge in [-0.25, -0.2) is 0 Å². The second-order valence-corrected chi connectivity index (χ2v) is 7.82. The maximum atomic E-state index is 6.32. The van der Waals surface area contributed by atoms with Crippen LogP contribution in [0.3, 0.4) is 0 Å². The molecule has 5 atom stereocenters. The van der Waals surface area contributed by atoms with Crippen molar-refractivity contribution in [2.45, 2.75) is 50.2 Å². The van der Waals surface area contributed by atoms with Gasteiger partial charge in [-0.2, -0.15) is 0 Å². The summed E-state index contributed by atoms with van der Waals surface area (Å²) in [7, 11) is 2.10. The lowest BCUT2D eigenvalue weighted by atomic mass is 9.72. The van der Waals surface area contributed by atoms with Crippen LogP contribution in [0.5, 0.6) is 5.75 Å². The normalized spacial score (nSPS) is 33.9. The highest BCUT2D eigenvalue weighted by Gasteiger charge is 2.36. The largest absolute Gasteiger partial charge is 0.487 e. The van der Waals surface area contributed by atoms with E-state index in [0.29, 0.717) is 12.1 Å². The van der Waals surface area contributed by atoms with Crippen LogP contribution in [0.25, 0.3) is 0 Å². The molecule has 0 bridgehead atoms. The molecule has 5 unspecified atom stereocenters. The van der Waals surface area contributed by atoms with E-state index in [1.807, 2.05) is 11.8 Å². The molecule has 1 aromatic carbocycles. The van der Waals surface area contributed by atoms with Crippen LogP contribution >= 0.6 is 11.8 Å². The monoisotopic (exact) mass is 305 g/mol. The summed E-state index contributed by atoms with van der Waals surface area (Å²) in [4.78, 5) is 1.29. The van der Waals surface area contributed by atoms with Crippen LogP contribution in [0.2, 0.25) is 0 Å². The smallest absolute Gasteiger partial charge is 0.133 e. The second kappa shape index (κ2) is 6.62. The van der Waals surface area contributed by atoms with Gasteiger partial charge in [0, 0.05) is 16.7 Å². The lowest BCUT2D eigenvalue weighted by molar-refractivity contribution is 0.0937. The van der Waals surface area contributed by atoms with Crippen molar-refractivity contribution in [2.75, 3.05) is 12.8 Å². The van der Waals surface area contributed by atoms with Crippen LogP contribution in [-0.2, 0) is 0 Å². The molecule has 0 saturated heterocycles. The predicted molar refractivity (Wildman–Crippen MR) is 90.1 cm³/mol. The summed E-state index contributed by atoms with van der Waals surface area (Å²) in [5.74, 6) is 4.58. The Balaban J connectivity index is 1.70. The molecule has 0 amide bonds. The van der Waals surface area contributed by atoms with Crippen LogP contribution < -0.4 is 10.1 Å². The van der Waals surface area contributed by atoms with E-state index in [-0.39, 0.29) is 0 Å². The van der Waals surface area contributed by atoms with Crippen molar-refractivity contribution < 1.29 is 4.74 Å². The molecule has 1 aromatic rings. The van der Waals surface area contributed by atoms with Crippen molar-refractivity contribution in [1.82, 2.24) is 5.32 Å². The number of ether oxygens (including phenoxy) is 1. The second-order valence-electron chi connectivity index (χ2n) is 6.76. The average molecular weight is 305 g/mol. The minimum absolute atomic E-state index is 0.292. The molecule has 2 aliphatic rings. The summed E-state index contributed by atoms with van der Waals surface area (Å²) < 4.78 is 6.32. The minimum Gasteiger partial charge on any atom is -0.487 e. The summed E-state index contributed by atoms with van der Waals surface area (Å²) in [6, 6.07) is 8.90. The SMILES string of the molecule is CNC(C1CCC(C)C(C)C1)C1CSc2ccccc2O1. The summed E-state index contributed by atoms with van der Waals surface area (Å²) in [5.41, 5.74) is 0. The zero-order valence-corrected chi connectivity index (χ0v) is 14.2. The van der Waals surface area contributed by atoms with Crippen molar-refractivity contribution in [3.8, 4) is 5.75 Å². The topological polar surface area (TPSA) is 21.3 Å². The standard InChI is InChI=1S/C18H27NOS/c1-12-8-9-14(10-13(12)2)18(19-3)16-11-21-17-7-5-4-6-15(17)20-16/h4-7,12-14,16,18-19H,8-11H2,1-3H3. The van der Waals surface area contributed by atoms with E-state index in [9.17, 15) is 0 Å². The molecule has 1 N–H and O–H groups in total. The lowest BCUT2D eigenvalue weighted by Crippen LogP contribution is -2.50. The molecule has 1 aliphatic heterocycles. The summed E-state index contributed by atoms with van der Waals surface area (Å²) in [6.45, 7) is 4.81. The Labute approximate surface area is 133 Å². The first-order valence-corrected chi connectivity index (χ1v) is 9.23. The van der Waals surface area contributed by atoms with Gasteiger partial charge in [0.05, 0.1) is 0 Å². The molecular formula is C18H27NOS. The summed E-state index contributed by atoms with van der Waals surface area (Å²) in [6.07, 6.45) is 4.32. The highest BCUT2D eigenvalue weighted by molar-refractivity contribution is 7.99. The van der Waals surface area contributed by atoms with Crippen LogP contribution in [0, 0.1) is 17.8 Å². The van der Waals surface area contributed by atoms with E-state index in [1.54, 1.807) is 0 Å². The zero-order valence-electron chi connectivity index (χ0n) is 13.3. The maximum Gasteiger partial charge on any atom is 0.133 e. The number of hydrogen-bond donors (Lipinski definition) is 1. The minimum atomic E-state index is 0.292. The number of benzene rings is 1. The van der Waals surface area contributed by atoms with Gasteiger partial charge in [0.25, 0.3) is 0 Å². The van der Waals surface area contributed by atoms with Gasteiger partial charge < -0.3 is 10.1 Å². The Morgan fingerprint density at radius 1 is 1.19 bits per heavy atom. The van der Waals surface area contributed by atoms with Gasteiger partial charge in [-0.15, -0.1) is 11.8 Å². The Morgan fingerprint density at radius 2 is 2.00 bits per heavy atom. The van der Waals surface area contributed by atoms with Crippen molar-refractivity contribution in [3.63, 3.8) is 0 Å². The zero-order chi connectivity index (χ0) is 14.8. The van der Waals surface area contributed by atoms with Crippen LogP contribution in [0.1, 0.15) is 33.1 Å². The number of hydrogen-bond acceptors (Lipinski definition) is 3. The van der Waals surface area contributed by atoms with Gasteiger partial charge in [-0.1, -0.05) is 32.4 Å². The third-order valence-corrected chi connectivity index (χ3v) is 6.55. The summed E-state index contributed by atoms with van der Waals surface area (Å²) >= 11 is 1.94. The van der Waals surface area contributed by atoms with E-state index in [1.165, 1.54) is 24.2 Å². The molecule has 0 spiro atoms. The van der Waals surface area contributed by atoms with Gasteiger partial charge in [0.1, 0.15) is 11.9 Å². The van der Waals surface area contributed by atoms with Crippen molar-refractivity contribution in [1.29, 1.82) is 0 Å². The van der Waals surface area contributed by atoms with Crippen molar-refractivity contribution in [3.05, 3.63) is 24.3 Å². The number of para-hydroxylation sites is 1. The van der Waals surface area contributed by atoms with E-state index in [0.717, 1.165) is 29.3 Å². The van der Waals surface area contributed by atoms with E-state index >= 15 is 0 Å². The quantitative estimate of drug-likeness (QED) is 0.904. The van der Waals surface area contributed by atoms with Crippen LogP contribution in [0.4, 0.5) is 0 Å². The number of rotatable bonds is 3. The van der Waals surface area contributed by atoms with Crippen molar-refractivity contribution in [2.24, 2.45) is 17.8 Å². The third kappa shape index (κ3) is 3.24. The highest BCUT2D eigenvalue weighted by Crippen LogP contribution is 2.40. The maximum absolute atomic E-state index is 6.32. The molecule has 116 valence electrons. The van der Waals surface area contributed by atoms with Crippen LogP contribution in [0.15, 0.2) is 29.2 Å².